The van der Waals surface area contributed by atoms with Gasteiger partial charge in [0.25, 0.3) is 0 Å². The Morgan fingerprint density at radius 2 is 1.96 bits per heavy atom. The quantitative estimate of drug-likeness (QED) is 0.715. The van der Waals surface area contributed by atoms with Crippen molar-refractivity contribution in [1.82, 2.24) is 9.88 Å². The van der Waals surface area contributed by atoms with Crippen molar-refractivity contribution in [2.45, 2.75) is 19.4 Å². The van der Waals surface area contributed by atoms with Gasteiger partial charge in [0, 0.05) is 24.5 Å². The van der Waals surface area contributed by atoms with E-state index in [1.54, 1.807) is 18.2 Å². The van der Waals surface area contributed by atoms with Gasteiger partial charge in [-0.15, -0.1) is 0 Å². The van der Waals surface area contributed by atoms with Gasteiger partial charge >= 0.3 is 5.97 Å². The van der Waals surface area contributed by atoms with Crippen molar-refractivity contribution in [3.8, 4) is 11.3 Å². The maximum atomic E-state index is 11.4. The van der Waals surface area contributed by atoms with Crippen molar-refractivity contribution in [2.24, 2.45) is 5.92 Å². The van der Waals surface area contributed by atoms with Crippen molar-refractivity contribution in [2.75, 3.05) is 13.1 Å². The van der Waals surface area contributed by atoms with Crippen LogP contribution in [0.1, 0.15) is 28.1 Å². The summed E-state index contributed by atoms with van der Waals surface area (Å²) in [5.41, 5.74) is 2.22. The lowest BCUT2D eigenvalue weighted by molar-refractivity contribution is 0.0697. The Hall–Kier alpha value is -2.92. The molecule has 0 aliphatic carbocycles. The lowest BCUT2D eigenvalue weighted by Crippen LogP contribution is -2.20. The van der Waals surface area contributed by atoms with Crippen molar-refractivity contribution in [1.29, 1.82) is 0 Å². The zero-order valence-electron chi connectivity index (χ0n) is 15.0. The maximum absolute atomic E-state index is 11.4. The molecule has 1 fully saturated rings. The molecule has 27 heavy (non-hydrogen) atoms. The first kappa shape index (κ1) is 17.5. The normalized spacial score (nSPS) is 17.3. The number of benzene rings is 1. The van der Waals surface area contributed by atoms with Crippen LogP contribution in [-0.4, -0.2) is 34.0 Å². The molecule has 138 valence electrons. The van der Waals surface area contributed by atoms with Gasteiger partial charge in [0.15, 0.2) is 0 Å². The van der Waals surface area contributed by atoms with Crippen LogP contribution in [0.4, 0.5) is 0 Å². The molecular weight excluding hydrogens is 340 g/mol. The highest BCUT2D eigenvalue weighted by Gasteiger charge is 2.24. The second kappa shape index (κ2) is 7.76. The predicted octanol–water partition coefficient (Wildman–Crippen LogP) is 4.10. The number of likely N-dealkylation sites (tertiary alicyclic amines) is 1. The van der Waals surface area contributed by atoms with E-state index >= 15 is 0 Å². The zero-order chi connectivity index (χ0) is 18.6. The number of carboxylic acids is 1. The molecule has 1 atom stereocenters. The first-order valence-corrected chi connectivity index (χ1v) is 9.21. The third kappa shape index (κ3) is 4.09. The molecule has 1 aliphatic heterocycles. The summed E-state index contributed by atoms with van der Waals surface area (Å²) in [5.74, 6) is 1.18. The largest absolute Gasteiger partial charge is 0.478 e. The molecule has 2 aromatic heterocycles. The van der Waals surface area contributed by atoms with E-state index in [9.17, 15) is 9.90 Å². The second-order valence-corrected chi connectivity index (χ2v) is 7.07. The summed E-state index contributed by atoms with van der Waals surface area (Å²) in [6.07, 6.45) is 5.95. The lowest BCUT2D eigenvalue weighted by Gasteiger charge is -2.14. The Balaban J connectivity index is 1.40. The summed E-state index contributed by atoms with van der Waals surface area (Å²) in [6, 6.07) is 14.9. The molecule has 1 N–H and O–H groups in total. The van der Waals surface area contributed by atoms with Crippen LogP contribution in [0.25, 0.3) is 11.3 Å². The first-order valence-electron chi connectivity index (χ1n) is 9.21. The van der Waals surface area contributed by atoms with E-state index in [1.165, 1.54) is 12.0 Å². The van der Waals surface area contributed by atoms with E-state index in [4.69, 9.17) is 4.42 Å². The standard InChI is InChI=1S/C22H22N2O3/c25-22(26)20-4-2-1-3-19(20)21-6-5-18(27-21)15-24-12-9-17(14-24)13-16-7-10-23-11-8-16/h1-8,10-11,17H,9,12-15H2,(H,25,26)/t17-/m0/s1. The van der Waals surface area contributed by atoms with Crippen LogP contribution in [0.15, 0.2) is 65.3 Å². The highest BCUT2D eigenvalue weighted by atomic mass is 16.4. The number of hydrogen-bond donors (Lipinski definition) is 1. The fourth-order valence-electron chi connectivity index (χ4n) is 3.79. The van der Waals surface area contributed by atoms with Crippen LogP contribution in [-0.2, 0) is 13.0 Å². The minimum absolute atomic E-state index is 0.261. The number of aromatic carboxylic acids is 1. The van der Waals surface area contributed by atoms with Crippen molar-refractivity contribution in [3.05, 3.63) is 77.8 Å². The molecule has 0 saturated carbocycles. The smallest absolute Gasteiger partial charge is 0.336 e. The summed E-state index contributed by atoms with van der Waals surface area (Å²) in [6.45, 7) is 2.85. The molecule has 1 aliphatic rings. The highest BCUT2D eigenvalue weighted by Crippen LogP contribution is 2.28. The van der Waals surface area contributed by atoms with E-state index in [0.717, 1.165) is 31.8 Å². The van der Waals surface area contributed by atoms with Gasteiger partial charge in [-0.25, -0.2) is 4.79 Å². The number of furan rings is 1. The van der Waals surface area contributed by atoms with Gasteiger partial charge in [0.2, 0.25) is 0 Å². The molecule has 1 saturated heterocycles. The number of rotatable bonds is 6. The number of pyridine rings is 1. The third-order valence-corrected chi connectivity index (χ3v) is 5.11. The van der Waals surface area contributed by atoms with Crippen LogP contribution in [0.3, 0.4) is 0 Å². The molecule has 1 aromatic carbocycles. The van der Waals surface area contributed by atoms with Crippen LogP contribution < -0.4 is 0 Å². The van der Waals surface area contributed by atoms with Gasteiger partial charge in [-0.1, -0.05) is 18.2 Å². The number of carbonyl (C=O) groups is 1. The molecule has 0 radical (unpaired) electrons. The maximum Gasteiger partial charge on any atom is 0.336 e. The molecular formula is C22H22N2O3. The summed E-state index contributed by atoms with van der Waals surface area (Å²) < 4.78 is 5.96. The summed E-state index contributed by atoms with van der Waals surface area (Å²) in [5, 5.41) is 9.36. The third-order valence-electron chi connectivity index (χ3n) is 5.11. The Labute approximate surface area is 158 Å². The van der Waals surface area contributed by atoms with Gasteiger partial charge < -0.3 is 9.52 Å². The van der Waals surface area contributed by atoms with Crippen molar-refractivity contribution in [3.63, 3.8) is 0 Å². The number of carboxylic acid groups (broad SMARTS) is 1. The fraction of sp³-hybridized carbons (Fsp3) is 0.273. The molecule has 3 heterocycles. The van der Waals surface area contributed by atoms with E-state index in [2.05, 4.69) is 22.0 Å². The predicted molar refractivity (Wildman–Crippen MR) is 102 cm³/mol. The van der Waals surface area contributed by atoms with Crippen LogP contribution in [0.2, 0.25) is 0 Å². The van der Waals surface area contributed by atoms with E-state index in [-0.39, 0.29) is 5.56 Å². The molecule has 0 amide bonds. The van der Waals surface area contributed by atoms with Gasteiger partial charge in [0.1, 0.15) is 11.5 Å². The highest BCUT2D eigenvalue weighted by molar-refractivity contribution is 5.95. The SMILES string of the molecule is O=C(O)c1ccccc1-c1ccc(CN2CC[C@@H](Cc3ccncc3)C2)o1. The minimum atomic E-state index is -0.943. The van der Waals surface area contributed by atoms with Crippen LogP contribution in [0, 0.1) is 5.92 Å². The molecule has 0 bridgehead atoms. The topological polar surface area (TPSA) is 66.6 Å². The molecule has 4 rings (SSSR count). The Morgan fingerprint density at radius 3 is 2.78 bits per heavy atom. The van der Waals surface area contributed by atoms with Gasteiger partial charge in [-0.3, -0.25) is 9.88 Å². The van der Waals surface area contributed by atoms with Crippen molar-refractivity contribution >= 4 is 5.97 Å². The number of nitrogens with zero attached hydrogens (tertiary/aromatic N) is 2. The van der Waals surface area contributed by atoms with E-state index < -0.39 is 5.97 Å². The molecule has 0 spiro atoms. The Bertz CT molecular complexity index is 920. The van der Waals surface area contributed by atoms with E-state index in [0.29, 0.717) is 17.2 Å². The minimum Gasteiger partial charge on any atom is -0.478 e. The molecule has 0 unspecified atom stereocenters. The van der Waals surface area contributed by atoms with Crippen LogP contribution >= 0.6 is 0 Å². The zero-order valence-corrected chi connectivity index (χ0v) is 15.0. The fourth-order valence-corrected chi connectivity index (χ4v) is 3.79. The second-order valence-electron chi connectivity index (χ2n) is 7.07. The van der Waals surface area contributed by atoms with Crippen LogP contribution in [0.5, 0.6) is 0 Å². The van der Waals surface area contributed by atoms with Gasteiger partial charge in [-0.05, 0) is 61.2 Å². The average molecular weight is 362 g/mol. The molecule has 3 aromatic rings. The Morgan fingerprint density at radius 1 is 1.15 bits per heavy atom. The van der Waals surface area contributed by atoms with Gasteiger partial charge in [-0.2, -0.15) is 0 Å². The number of hydrogen-bond acceptors (Lipinski definition) is 4. The number of aromatic nitrogens is 1. The molecule has 5 heteroatoms. The first-order chi connectivity index (χ1) is 13.2. The summed E-state index contributed by atoms with van der Waals surface area (Å²) in [4.78, 5) is 17.9. The van der Waals surface area contributed by atoms with Gasteiger partial charge in [0.05, 0.1) is 12.1 Å². The Kier molecular flexibility index (Phi) is 5.03. The molecule has 5 nitrogen and oxygen atoms in total. The summed E-state index contributed by atoms with van der Waals surface area (Å²) in [7, 11) is 0. The monoisotopic (exact) mass is 362 g/mol. The average Bonchev–Trinajstić information content (AvgIpc) is 3.32. The van der Waals surface area contributed by atoms with Crippen molar-refractivity contribution < 1.29 is 14.3 Å². The van der Waals surface area contributed by atoms with E-state index in [1.807, 2.05) is 30.6 Å². The summed E-state index contributed by atoms with van der Waals surface area (Å²) >= 11 is 0. The lowest BCUT2D eigenvalue weighted by atomic mass is 10.00.